The SMILES string of the molecule is O=C1NC[C@H](Cc2ccccc2)N(C[C@H]2CCCN2C[C@H](Cc2ccccc2)N2C[C@H](Cc3ccc(O)cc3)N(CC3CCCCCC3)C(=O)C2=O)C1=O. The van der Waals surface area contributed by atoms with E-state index in [4.69, 9.17) is 0 Å². The second kappa shape index (κ2) is 17.6. The lowest BCUT2D eigenvalue weighted by atomic mass is 9.94. The van der Waals surface area contributed by atoms with Crippen LogP contribution < -0.4 is 5.32 Å². The Morgan fingerprint density at radius 3 is 1.96 bits per heavy atom. The van der Waals surface area contributed by atoms with Crippen LogP contribution in [0.3, 0.4) is 0 Å². The van der Waals surface area contributed by atoms with Gasteiger partial charge in [-0.2, -0.15) is 0 Å². The number of piperazine rings is 2. The molecule has 286 valence electrons. The molecule has 3 saturated heterocycles. The average Bonchev–Trinajstić information content (AvgIpc) is 3.45. The first-order chi connectivity index (χ1) is 26.3. The van der Waals surface area contributed by atoms with Crippen molar-refractivity contribution in [2.24, 2.45) is 5.92 Å². The highest BCUT2D eigenvalue weighted by atomic mass is 16.3. The Balaban J connectivity index is 1.14. The van der Waals surface area contributed by atoms with Crippen LogP contribution in [0.1, 0.15) is 68.1 Å². The number of hydrogen-bond acceptors (Lipinski definition) is 6. The summed E-state index contributed by atoms with van der Waals surface area (Å²) in [5, 5.41) is 12.8. The van der Waals surface area contributed by atoms with E-state index in [-0.39, 0.29) is 29.9 Å². The fraction of sp³-hybridized carbons (Fsp3) is 0.500. The van der Waals surface area contributed by atoms with Crippen LogP contribution >= 0.6 is 0 Å². The van der Waals surface area contributed by atoms with E-state index in [1.54, 1.807) is 17.0 Å². The molecule has 4 aliphatic rings. The van der Waals surface area contributed by atoms with Gasteiger partial charge in [0.1, 0.15) is 5.75 Å². The van der Waals surface area contributed by atoms with Gasteiger partial charge in [0, 0.05) is 44.8 Å². The van der Waals surface area contributed by atoms with Gasteiger partial charge in [0.15, 0.2) is 0 Å². The molecule has 54 heavy (non-hydrogen) atoms. The average molecular weight is 734 g/mol. The molecule has 4 fully saturated rings. The number of likely N-dealkylation sites (tertiary alicyclic amines) is 1. The van der Waals surface area contributed by atoms with E-state index in [1.165, 1.54) is 12.8 Å². The molecule has 0 unspecified atom stereocenters. The van der Waals surface area contributed by atoms with Gasteiger partial charge >= 0.3 is 23.6 Å². The second-order valence-corrected chi connectivity index (χ2v) is 15.9. The summed E-state index contributed by atoms with van der Waals surface area (Å²) in [6.45, 7) is 3.25. The standard InChI is InChI=1S/C44H55N5O5/c50-40-21-19-34(20-22-40)26-39-31-49(44(54)43(53)47(39)28-35-16-5-1-2-6-17-35)38(25-33-14-9-4-10-15-33)29-46-23-11-18-36(46)30-48-37(27-45-41(51)42(48)52)24-32-12-7-3-8-13-32/h3-4,7-10,12-15,19-22,35-39,50H,1-2,5-6,11,16-18,23-31H2,(H,45,51)/t36-,37+,38+,39+/m1/s1. The molecule has 0 bridgehead atoms. The Bertz CT molecular complexity index is 1730. The molecule has 1 aliphatic carbocycles. The number of rotatable bonds is 13. The number of hydrogen-bond donors (Lipinski definition) is 2. The maximum Gasteiger partial charge on any atom is 0.312 e. The summed E-state index contributed by atoms with van der Waals surface area (Å²) in [6.07, 6.45) is 10.6. The molecule has 3 heterocycles. The zero-order chi connectivity index (χ0) is 37.4. The number of nitrogens with zero attached hydrogens (tertiary/aromatic N) is 4. The minimum atomic E-state index is -0.559. The highest BCUT2D eigenvalue weighted by molar-refractivity contribution is 6.36. The van der Waals surface area contributed by atoms with Crippen LogP contribution in [0.25, 0.3) is 0 Å². The van der Waals surface area contributed by atoms with Crippen molar-refractivity contribution >= 4 is 23.6 Å². The molecule has 4 atom stereocenters. The predicted octanol–water partition coefficient (Wildman–Crippen LogP) is 4.59. The van der Waals surface area contributed by atoms with Crippen molar-refractivity contribution in [3.8, 4) is 5.75 Å². The van der Waals surface area contributed by atoms with Gasteiger partial charge in [0.05, 0.1) is 12.1 Å². The summed E-state index contributed by atoms with van der Waals surface area (Å²) in [5.41, 5.74) is 3.23. The zero-order valence-electron chi connectivity index (χ0n) is 31.4. The number of amides is 4. The topological polar surface area (TPSA) is 114 Å². The molecule has 3 aliphatic heterocycles. The number of aromatic hydroxyl groups is 1. The summed E-state index contributed by atoms with van der Waals surface area (Å²) in [5.74, 6) is -1.32. The van der Waals surface area contributed by atoms with Crippen molar-refractivity contribution in [2.45, 2.75) is 94.8 Å². The largest absolute Gasteiger partial charge is 0.508 e. The molecule has 2 N–H and O–H groups in total. The van der Waals surface area contributed by atoms with Crippen LogP contribution in [-0.4, -0.2) is 112 Å². The van der Waals surface area contributed by atoms with Gasteiger partial charge in [-0.1, -0.05) is 98.5 Å². The first kappa shape index (κ1) is 37.6. The van der Waals surface area contributed by atoms with Crippen LogP contribution in [0.4, 0.5) is 0 Å². The molecular formula is C44H55N5O5. The monoisotopic (exact) mass is 733 g/mol. The van der Waals surface area contributed by atoms with Crippen LogP contribution in [0, 0.1) is 5.92 Å². The van der Waals surface area contributed by atoms with Gasteiger partial charge in [-0.05, 0) is 86.2 Å². The summed E-state index contributed by atoms with van der Waals surface area (Å²) < 4.78 is 0. The third-order valence-corrected chi connectivity index (χ3v) is 12.2. The number of nitrogens with one attached hydrogen (secondary N) is 1. The van der Waals surface area contributed by atoms with Crippen LogP contribution in [-0.2, 0) is 38.4 Å². The van der Waals surface area contributed by atoms with E-state index < -0.39 is 23.6 Å². The van der Waals surface area contributed by atoms with Crippen LogP contribution in [0.15, 0.2) is 84.9 Å². The van der Waals surface area contributed by atoms with E-state index in [0.29, 0.717) is 57.9 Å². The normalized spacial score (nSPS) is 23.8. The fourth-order valence-electron chi connectivity index (χ4n) is 9.26. The van der Waals surface area contributed by atoms with E-state index in [0.717, 1.165) is 61.8 Å². The third kappa shape index (κ3) is 9.14. The van der Waals surface area contributed by atoms with Gasteiger partial charge < -0.3 is 25.1 Å². The first-order valence-corrected chi connectivity index (χ1v) is 20.1. The molecule has 0 aromatic heterocycles. The van der Waals surface area contributed by atoms with Gasteiger partial charge in [0.25, 0.3) is 0 Å². The Morgan fingerprint density at radius 2 is 1.26 bits per heavy atom. The highest BCUT2D eigenvalue weighted by Gasteiger charge is 2.44. The Labute approximate surface area is 319 Å². The van der Waals surface area contributed by atoms with Gasteiger partial charge in [-0.25, -0.2) is 0 Å². The first-order valence-electron chi connectivity index (χ1n) is 20.1. The Kier molecular flexibility index (Phi) is 12.3. The Morgan fingerprint density at radius 1 is 0.630 bits per heavy atom. The van der Waals surface area contributed by atoms with Gasteiger partial charge in [-0.15, -0.1) is 0 Å². The van der Waals surface area contributed by atoms with Gasteiger partial charge in [-0.3, -0.25) is 24.1 Å². The van der Waals surface area contributed by atoms with Crippen molar-refractivity contribution in [2.75, 3.05) is 39.3 Å². The minimum absolute atomic E-state index is 0.0199. The molecule has 10 nitrogen and oxygen atoms in total. The molecule has 4 amide bonds. The number of carbonyl (C=O) groups is 4. The molecule has 7 rings (SSSR count). The zero-order valence-corrected chi connectivity index (χ0v) is 31.4. The molecule has 1 saturated carbocycles. The van der Waals surface area contributed by atoms with Crippen molar-refractivity contribution in [1.29, 1.82) is 0 Å². The number of phenolic OH excluding ortho intramolecular Hbond substituents is 1. The molecule has 3 aromatic rings. The lowest BCUT2D eigenvalue weighted by Gasteiger charge is -2.46. The van der Waals surface area contributed by atoms with Gasteiger partial charge in [0.2, 0.25) is 0 Å². The van der Waals surface area contributed by atoms with Crippen LogP contribution in [0.5, 0.6) is 5.75 Å². The van der Waals surface area contributed by atoms with E-state index in [1.807, 2.05) is 58.3 Å². The van der Waals surface area contributed by atoms with Crippen molar-refractivity contribution in [3.63, 3.8) is 0 Å². The lowest BCUT2D eigenvalue weighted by molar-refractivity contribution is -0.162. The highest BCUT2D eigenvalue weighted by Crippen LogP contribution is 2.30. The second-order valence-electron chi connectivity index (χ2n) is 15.9. The maximum atomic E-state index is 14.4. The summed E-state index contributed by atoms with van der Waals surface area (Å²) in [6, 6.07) is 26.8. The molecule has 0 spiro atoms. The number of carbonyl (C=O) groups excluding carboxylic acids is 4. The number of phenols is 1. The predicted molar refractivity (Wildman–Crippen MR) is 207 cm³/mol. The third-order valence-electron chi connectivity index (χ3n) is 12.2. The van der Waals surface area contributed by atoms with E-state index >= 15 is 0 Å². The summed E-state index contributed by atoms with van der Waals surface area (Å²) in [4.78, 5) is 62.6. The van der Waals surface area contributed by atoms with Crippen molar-refractivity contribution in [3.05, 3.63) is 102 Å². The molecule has 0 radical (unpaired) electrons. The summed E-state index contributed by atoms with van der Waals surface area (Å²) in [7, 11) is 0. The quantitative estimate of drug-likeness (QED) is 0.197. The maximum absolute atomic E-state index is 14.4. The Hall–Kier alpha value is -4.70. The molecular weight excluding hydrogens is 679 g/mol. The smallest absolute Gasteiger partial charge is 0.312 e. The van der Waals surface area contributed by atoms with Crippen molar-refractivity contribution in [1.82, 2.24) is 24.9 Å². The van der Waals surface area contributed by atoms with E-state index in [2.05, 4.69) is 34.5 Å². The molecule has 10 heteroatoms. The minimum Gasteiger partial charge on any atom is -0.508 e. The lowest BCUT2D eigenvalue weighted by Crippen LogP contribution is -2.65. The number of benzene rings is 3. The van der Waals surface area contributed by atoms with E-state index in [9.17, 15) is 24.3 Å². The fourth-order valence-corrected chi connectivity index (χ4v) is 9.26. The summed E-state index contributed by atoms with van der Waals surface area (Å²) >= 11 is 0. The van der Waals surface area contributed by atoms with Crippen molar-refractivity contribution < 1.29 is 24.3 Å². The van der Waals surface area contributed by atoms with Crippen LogP contribution in [0.2, 0.25) is 0 Å². The molecule has 3 aromatic carbocycles.